The molecule has 0 fully saturated rings. The predicted molar refractivity (Wildman–Crippen MR) is 73.6 cm³/mol. The van der Waals surface area contributed by atoms with E-state index in [1.165, 1.54) is 12.1 Å². The molecule has 0 saturated heterocycles. The van der Waals surface area contributed by atoms with Gasteiger partial charge in [-0.15, -0.1) is 0 Å². The number of rotatable bonds is 1. The van der Waals surface area contributed by atoms with Crippen LogP contribution in [-0.2, 0) is 6.54 Å². The third-order valence-electron chi connectivity index (χ3n) is 3.05. The zero-order chi connectivity index (χ0) is 12.7. The fourth-order valence-electron chi connectivity index (χ4n) is 2.17. The lowest BCUT2D eigenvalue weighted by atomic mass is 10.1. The van der Waals surface area contributed by atoms with Crippen molar-refractivity contribution in [1.29, 1.82) is 5.41 Å². The lowest BCUT2D eigenvalue weighted by Crippen LogP contribution is -2.22. The molecule has 0 aliphatic carbocycles. The van der Waals surface area contributed by atoms with Gasteiger partial charge in [-0.2, -0.15) is 0 Å². The molecule has 1 heterocycles. The first-order valence-corrected chi connectivity index (χ1v) is 6.35. The number of hydrogen-bond acceptors (Lipinski definition) is 1. The van der Waals surface area contributed by atoms with Crippen molar-refractivity contribution in [3.63, 3.8) is 0 Å². The van der Waals surface area contributed by atoms with Crippen LogP contribution >= 0.6 is 15.9 Å². The summed E-state index contributed by atoms with van der Waals surface area (Å²) >= 11 is 3.42. The van der Waals surface area contributed by atoms with Crippen molar-refractivity contribution < 1.29 is 4.39 Å². The number of amidine groups is 1. The first kappa shape index (κ1) is 11.4. The minimum atomic E-state index is -0.297. The highest BCUT2D eigenvalue weighted by atomic mass is 79.9. The normalized spacial score (nSPS) is 13.9. The van der Waals surface area contributed by atoms with Crippen LogP contribution in [0.15, 0.2) is 46.9 Å². The molecule has 90 valence electrons. The number of nitrogens with zero attached hydrogens (tertiary/aromatic N) is 1. The van der Waals surface area contributed by atoms with E-state index in [9.17, 15) is 4.39 Å². The van der Waals surface area contributed by atoms with Crippen LogP contribution in [-0.4, -0.2) is 5.84 Å². The predicted octanol–water partition coefficient (Wildman–Crippen LogP) is 3.93. The molecule has 1 aliphatic heterocycles. The summed E-state index contributed by atoms with van der Waals surface area (Å²) in [6.45, 7) is 0.616. The van der Waals surface area contributed by atoms with E-state index in [1.807, 2.05) is 29.2 Å². The van der Waals surface area contributed by atoms with Gasteiger partial charge in [0.25, 0.3) is 0 Å². The summed E-state index contributed by atoms with van der Waals surface area (Å²) in [7, 11) is 0. The van der Waals surface area contributed by atoms with Gasteiger partial charge in [-0.25, -0.2) is 4.39 Å². The van der Waals surface area contributed by atoms with E-state index >= 15 is 0 Å². The van der Waals surface area contributed by atoms with Crippen LogP contribution in [0.5, 0.6) is 0 Å². The van der Waals surface area contributed by atoms with Crippen molar-refractivity contribution in [2.75, 3.05) is 4.90 Å². The number of anilines is 1. The molecule has 4 heteroatoms. The average Bonchev–Trinajstić information content (AvgIpc) is 2.67. The monoisotopic (exact) mass is 304 g/mol. The molecule has 0 atom stereocenters. The highest BCUT2D eigenvalue weighted by Crippen LogP contribution is 2.30. The van der Waals surface area contributed by atoms with Crippen molar-refractivity contribution >= 4 is 27.5 Å². The number of fused-ring (bicyclic) bond motifs is 1. The molecule has 0 radical (unpaired) electrons. The minimum absolute atomic E-state index is 0.297. The van der Waals surface area contributed by atoms with Crippen LogP contribution in [0.1, 0.15) is 11.1 Å². The van der Waals surface area contributed by atoms with Crippen molar-refractivity contribution in [2.45, 2.75) is 6.54 Å². The van der Waals surface area contributed by atoms with Gasteiger partial charge in [0.1, 0.15) is 11.7 Å². The van der Waals surface area contributed by atoms with E-state index in [-0.39, 0.29) is 5.82 Å². The molecular formula is C14H10BrFN2. The Kier molecular flexibility index (Phi) is 2.67. The Bertz CT molecular complexity index is 639. The Morgan fingerprint density at radius 2 is 2.00 bits per heavy atom. The summed E-state index contributed by atoms with van der Waals surface area (Å²) < 4.78 is 14.2. The fraction of sp³-hybridized carbons (Fsp3) is 0.0714. The van der Waals surface area contributed by atoms with Crippen molar-refractivity contribution in [3.8, 4) is 0 Å². The van der Waals surface area contributed by atoms with Gasteiger partial charge in [-0.1, -0.05) is 28.1 Å². The van der Waals surface area contributed by atoms with Gasteiger partial charge in [-0.05, 0) is 35.9 Å². The van der Waals surface area contributed by atoms with Crippen LogP contribution in [0.25, 0.3) is 0 Å². The maximum atomic E-state index is 13.2. The molecule has 2 nitrogen and oxygen atoms in total. The molecule has 1 aliphatic rings. The molecule has 18 heavy (non-hydrogen) atoms. The molecule has 0 bridgehead atoms. The summed E-state index contributed by atoms with van der Waals surface area (Å²) in [4.78, 5) is 1.87. The number of halogens is 2. The van der Waals surface area contributed by atoms with Crippen LogP contribution in [0.2, 0.25) is 0 Å². The molecule has 0 unspecified atom stereocenters. The van der Waals surface area contributed by atoms with E-state index in [0.717, 1.165) is 15.7 Å². The average molecular weight is 305 g/mol. The van der Waals surface area contributed by atoms with Crippen LogP contribution in [0.3, 0.4) is 0 Å². The molecule has 0 spiro atoms. The fourth-order valence-corrected chi connectivity index (χ4v) is 2.55. The molecule has 0 amide bonds. The standard InChI is InChI=1S/C14H10BrFN2/c15-10-2-1-3-12(6-10)18-8-9-4-5-11(16)7-13(9)14(18)17/h1-7,17H,8H2. The smallest absolute Gasteiger partial charge is 0.133 e. The van der Waals surface area contributed by atoms with E-state index in [2.05, 4.69) is 15.9 Å². The Morgan fingerprint density at radius 1 is 1.17 bits per heavy atom. The number of hydrogen-bond donors (Lipinski definition) is 1. The Morgan fingerprint density at radius 3 is 2.78 bits per heavy atom. The molecule has 2 aromatic rings. The van der Waals surface area contributed by atoms with E-state index in [0.29, 0.717) is 17.9 Å². The third-order valence-corrected chi connectivity index (χ3v) is 3.54. The first-order chi connectivity index (χ1) is 8.65. The summed E-state index contributed by atoms with van der Waals surface area (Å²) in [5.74, 6) is 0.0530. The maximum Gasteiger partial charge on any atom is 0.133 e. The number of benzene rings is 2. The Hall–Kier alpha value is -1.68. The van der Waals surface area contributed by atoms with Gasteiger partial charge >= 0.3 is 0 Å². The van der Waals surface area contributed by atoms with E-state index in [4.69, 9.17) is 5.41 Å². The maximum absolute atomic E-state index is 13.2. The quantitative estimate of drug-likeness (QED) is 0.849. The Balaban J connectivity index is 2.02. The van der Waals surface area contributed by atoms with E-state index < -0.39 is 0 Å². The van der Waals surface area contributed by atoms with E-state index in [1.54, 1.807) is 6.07 Å². The van der Waals surface area contributed by atoms with Crippen molar-refractivity contribution in [1.82, 2.24) is 0 Å². The summed E-state index contributed by atoms with van der Waals surface area (Å²) in [6.07, 6.45) is 0. The summed E-state index contributed by atoms with van der Waals surface area (Å²) in [6, 6.07) is 12.4. The molecule has 2 aromatic carbocycles. The summed E-state index contributed by atoms with van der Waals surface area (Å²) in [5.41, 5.74) is 2.60. The highest BCUT2D eigenvalue weighted by molar-refractivity contribution is 9.10. The van der Waals surface area contributed by atoms with Gasteiger partial charge in [0.15, 0.2) is 0 Å². The van der Waals surface area contributed by atoms with Crippen molar-refractivity contribution in [2.24, 2.45) is 0 Å². The third kappa shape index (κ3) is 1.82. The largest absolute Gasteiger partial charge is 0.322 e. The van der Waals surface area contributed by atoms with Crippen LogP contribution in [0, 0.1) is 11.2 Å². The topological polar surface area (TPSA) is 27.1 Å². The van der Waals surface area contributed by atoms with Gasteiger partial charge < -0.3 is 4.90 Å². The zero-order valence-corrected chi connectivity index (χ0v) is 11.0. The second-order valence-electron chi connectivity index (χ2n) is 4.22. The van der Waals surface area contributed by atoms with Crippen LogP contribution < -0.4 is 4.90 Å². The number of nitrogens with one attached hydrogen (secondary N) is 1. The molecular weight excluding hydrogens is 295 g/mol. The molecule has 3 rings (SSSR count). The van der Waals surface area contributed by atoms with Gasteiger partial charge in [-0.3, -0.25) is 5.41 Å². The summed E-state index contributed by atoms with van der Waals surface area (Å²) in [5, 5.41) is 8.14. The second kappa shape index (κ2) is 4.21. The molecule has 0 aromatic heterocycles. The van der Waals surface area contributed by atoms with Crippen molar-refractivity contribution in [3.05, 3.63) is 63.9 Å². The Labute approximate surface area is 113 Å². The SMILES string of the molecule is N=C1c2cc(F)ccc2CN1c1cccc(Br)c1. The molecule has 0 saturated carbocycles. The molecule has 1 N–H and O–H groups in total. The first-order valence-electron chi connectivity index (χ1n) is 5.55. The van der Waals surface area contributed by atoms with Gasteiger partial charge in [0.05, 0.1) is 6.54 Å². The lowest BCUT2D eigenvalue weighted by Gasteiger charge is -2.18. The zero-order valence-electron chi connectivity index (χ0n) is 9.45. The highest BCUT2D eigenvalue weighted by Gasteiger charge is 2.25. The lowest BCUT2D eigenvalue weighted by molar-refractivity contribution is 0.627. The van der Waals surface area contributed by atoms with Crippen LogP contribution in [0.4, 0.5) is 10.1 Å². The second-order valence-corrected chi connectivity index (χ2v) is 5.13. The van der Waals surface area contributed by atoms with Gasteiger partial charge in [0, 0.05) is 15.7 Å². The minimum Gasteiger partial charge on any atom is -0.322 e. The van der Waals surface area contributed by atoms with Gasteiger partial charge in [0.2, 0.25) is 0 Å².